The second-order valence-electron chi connectivity index (χ2n) is 10.7. The van der Waals surface area contributed by atoms with Crippen LogP contribution in [-0.4, -0.2) is 31.7 Å². The van der Waals surface area contributed by atoms with Gasteiger partial charge in [-0.3, -0.25) is 0 Å². The summed E-state index contributed by atoms with van der Waals surface area (Å²) in [5.41, 5.74) is 0. The van der Waals surface area contributed by atoms with Crippen molar-refractivity contribution in [3.05, 3.63) is 0 Å². The Morgan fingerprint density at radius 1 is 0.484 bits per heavy atom. The van der Waals surface area contributed by atoms with Gasteiger partial charge >= 0.3 is 0 Å². The van der Waals surface area contributed by atoms with E-state index in [4.69, 9.17) is 11.1 Å². The van der Waals surface area contributed by atoms with Gasteiger partial charge in [-0.05, 0) is 38.5 Å². The Hall–Kier alpha value is 1.23. The van der Waals surface area contributed by atoms with Gasteiger partial charge in [0.15, 0.2) is 7.38 Å². The Balaban J connectivity index is 0. The van der Waals surface area contributed by atoms with Crippen LogP contribution in [0.5, 0.6) is 0 Å². The quantitative estimate of drug-likeness (QED) is 0.0561. The Morgan fingerprint density at radius 3 is 1.00 bits per heavy atom. The third-order valence-corrected chi connectivity index (χ3v) is 17.2. The molecule has 0 aliphatic carbocycles. The van der Waals surface area contributed by atoms with Crippen LogP contribution in [0.2, 0.25) is 13.1 Å². The van der Waals surface area contributed by atoms with Crippen molar-refractivity contribution in [2.24, 2.45) is 0 Å². The van der Waals surface area contributed by atoms with E-state index in [1.54, 1.807) is 18.5 Å². The van der Waals surface area contributed by atoms with E-state index < -0.39 is 14.6 Å². The van der Waals surface area contributed by atoms with Gasteiger partial charge in [-0.15, -0.1) is 0 Å². The summed E-state index contributed by atoms with van der Waals surface area (Å²) in [6.07, 6.45) is 30.7. The molecule has 0 radical (unpaired) electrons. The Morgan fingerprint density at radius 2 is 0.742 bits per heavy atom. The summed E-state index contributed by atoms with van der Waals surface area (Å²) in [6.45, 7) is 11.8. The standard InChI is InChI=1S/C27H59ClPSi.ClH/c1-6-9-12-15-18-21-24-29(27-30(4,5)28,25-22-19-16-13-10-7-2)26-23-20-17-14-11-8-3;/h6-27H2,1-5H3;1H/q+1;/p-1. The fourth-order valence-electron chi connectivity index (χ4n) is 5.05. The van der Waals surface area contributed by atoms with Gasteiger partial charge < -0.3 is 12.4 Å². The largest absolute Gasteiger partial charge is 1.00 e. The number of hydrogen-bond acceptors (Lipinski definition) is 0. The van der Waals surface area contributed by atoms with E-state index in [-0.39, 0.29) is 12.4 Å². The van der Waals surface area contributed by atoms with E-state index in [2.05, 4.69) is 33.9 Å². The molecule has 0 aliphatic heterocycles. The minimum atomic E-state index is -1.51. The Labute approximate surface area is 211 Å². The first-order valence-electron chi connectivity index (χ1n) is 13.9. The third-order valence-electron chi connectivity index (χ3n) is 6.67. The first kappa shape index (κ1) is 34.4. The molecule has 0 fully saturated rings. The summed E-state index contributed by atoms with van der Waals surface area (Å²) in [5, 5.41) is 0. The van der Waals surface area contributed by atoms with E-state index in [1.807, 2.05) is 0 Å². The molecule has 0 amide bonds. The van der Waals surface area contributed by atoms with Gasteiger partial charge in [0.1, 0.15) is 0 Å². The fourth-order valence-corrected chi connectivity index (χ4v) is 19.0. The predicted octanol–water partition coefficient (Wildman–Crippen LogP) is 8.07. The van der Waals surface area contributed by atoms with Crippen molar-refractivity contribution in [2.75, 3.05) is 24.3 Å². The lowest BCUT2D eigenvalue weighted by molar-refractivity contribution is -0.00000696. The van der Waals surface area contributed by atoms with Crippen molar-refractivity contribution < 1.29 is 12.4 Å². The van der Waals surface area contributed by atoms with E-state index in [9.17, 15) is 0 Å². The topological polar surface area (TPSA) is 0 Å². The monoisotopic (exact) mass is 512 g/mol. The highest BCUT2D eigenvalue weighted by Gasteiger charge is 2.41. The van der Waals surface area contributed by atoms with E-state index in [1.165, 1.54) is 121 Å². The second-order valence-corrected chi connectivity index (χ2v) is 22.5. The van der Waals surface area contributed by atoms with Gasteiger partial charge in [-0.2, -0.15) is 11.1 Å². The van der Waals surface area contributed by atoms with Crippen molar-refractivity contribution in [1.29, 1.82) is 0 Å². The number of unbranched alkanes of at least 4 members (excludes halogenated alkanes) is 15. The maximum atomic E-state index is 7.03. The second kappa shape index (κ2) is 23.0. The number of halogens is 2. The molecule has 0 saturated heterocycles. The molecule has 0 spiro atoms. The number of hydrogen-bond donors (Lipinski definition) is 0. The van der Waals surface area contributed by atoms with Crippen LogP contribution in [0.4, 0.5) is 0 Å². The lowest BCUT2D eigenvalue weighted by Gasteiger charge is -2.32. The molecule has 31 heavy (non-hydrogen) atoms. The molecule has 0 saturated carbocycles. The minimum absolute atomic E-state index is 0. The van der Waals surface area contributed by atoms with Gasteiger partial charge in [0, 0.05) is 7.26 Å². The van der Waals surface area contributed by atoms with Crippen molar-refractivity contribution in [2.45, 2.75) is 149 Å². The van der Waals surface area contributed by atoms with Gasteiger partial charge in [-0.1, -0.05) is 111 Å². The highest BCUT2D eigenvalue weighted by atomic mass is 35.6. The molecule has 0 aromatic carbocycles. The normalized spacial score (nSPS) is 12.2. The third kappa shape index (κ3) is 22.8. The molecule has 0 rings (SSSR count). The average Bonchev–Trinajstić information content (AvgIpc) is 2.69. The van der Waals surface area contributed by atoms with Gasteiger partial charge in [0.2, 0.25) is 0 Å². The lowest BCUT2D eigenvalue weighted by Crippen LogP contribution is -3.00. The lowest BCUT2D eigenvalue weighted by atomic mass is 10.1. The highest BCUT2D eigenvalue weighted by molar-refractivity contribution is 7.78. The summed E-state index contributed by atoms with van der Waals surface area (Å²) in [5.74, 6) is 1.46. The average molecular weight is 514 g/mol. The minimum Gasteiger partial charge on any atom is -1.00 e. The van der Waals surface area contributed by atoms with Crippen molar-refractivity contribution >= 4 is 25.7 Å². The van der Waals surface area contributed by atoms with Gasteiger partial charge in [0.05, 0.1) is 24.3 Å². The van der Waals surface area contributed by atoms with Crippen molar-refractivity contribution in [3.8, 4) is 0 Å². The summed E-state index contributed by atoms with van der Waals surface area (Å²) in [4.78, 5) is 0. The van der Waals surface area contributed by atoms with Crippen LogP contribution < -0.4 is 12.4 Å². The molecular formula is C27H59Cl2PSi. The van der Waals surface area contributed by atoms with Crippen LogP contribution in [0.3, 0.4) is 0 Å². The maximum Gasteiger partial charge on any atom is 0.190 e. The predicted molar refractivity (Wildman–Crippen MR) is 150 cm³/mol. The summed E-state index contributed by atoms with van der Waals surface area (Å²) >= 11 is 7.03. The van der Waals surface area contributed by atoms with Crippen LogP contribution >= 0.6 is 18.3 Å². The Bertz CT molecular complexity index is 317. The van der Waals surface area contributed by atoms with Crippen LogP contribution in [0.25, 0.3) is 0 Å². The molecule has 0 heterocycles. The smallest absolute Gasteiger partial charge is 0.190 e. The first-order chi connectivity index (χ1) is 14.4. The molecule has 0 aromatic rings. The van der Waals surface area contributed by atoms with Crippen LogP contribution in [0.15, 0.2) is 0 Å². The van der Waals surface area contributed by atoms with Crippen LogP contribution in [0, 0.1) is 0 Å². The van der Waals surface area contributed by atoms with Crippen LogP contribution in [-0.2, 0) is 0 Å². The zero-order valence-corrected chi connectivity index (χ0v) is 25.7. The van der Waals surface area contributed by atoms with Crippen molar-refractivity contribution in [1.82, 2.24) is 0 Å². The summed E-state index contributed by atoms with van der Waals surface area (Å²) in [7, 11) is -2.37. The summed E-state index contributed by atoms with van der Waals surface area (Å²) in [6, 6.07) is 0. The fraction of sp³-hybridized carbons (Fsp3) is 1.00. The number of rotatable bonds is 23. The van der Waals surface area contributed by atoms with Crippen LogP contribution in [0.1, 0.15) is 136 Å². The first-order valence-corrected chi connectivity index (χ1v) is 20.7. The molecule has 0 aliphatic rings. The molecule has 0 N–H and O–H groups in total. The Kier molecular flexibility index (Phi) is 25.5. The van der Waals surface area contributed by atoms with E-state index in [0.29, 0.717) is 0 Å². The maximum absolute atomic E-state index is 7.03. The molecule has 0 atom stereocenters. The summed E-state index contributed by atoms with van der Waals surface area (Å²) < 4.78 is 0. The molecule has 0 aromatic heterocycles. The van der Waals surface area contributed by atoms with Crippen molar-refractivity contribution in [3.63, 3.8) is 0 Å². The van der Waals surface area contributed by atoms with E-state index in [0.717, 1.165) is 0 Å². The molecule has 190 valence electrons. The zero-order valence-electron chi connectivity index (χ0n) is 22.3. The highest BCUT2D eigenvalue weighted by Crippen LogP contribution is 2.62. The van der Waals surface area contributed by atoms with Gasteiger partial charge in [0.25, 0.3) is 0 Å². The molecular weight excluding hydrogens is 454 g/mol. The molecule has 0 nitrogen and oxygen atoms in total. The zero-order chi connectivity index (χ0) is 22.6. The molecule has 0 unspecified atom stereocenters. The van der Waals surface area contributed by atoms with E-state index >= 15 is 0 Å². The molecule has 0 bridgehead atoms. The molecule has 4 heteroatoms. The van der Waals surface area contributed by atoms with Gasteiger partial charge in [-0.25, -0.2) is 0 Å². The SMILES string of the molecule is CCCCCCCC[P+](CCCCCCCC)(CCCCCCCC)C[Si](C)(C)Cl.[Cl-].